The van der Waals surface area contributed by atoms with Crippen molar-refractivity contribution in [3.63, 3.8) is 0 Å². The van der Waals surface area contributed by atoms with Gasteiger partial charge in [0.1, 0.15) is 5.75 Å². The second-order valence-corrected chi connectivity index (χ2v) is 6.45. The van der Waals surface area contributed by atoms with E-state index in [1.54, 1.807) is 0 Å². The van der Waals surface area contributed by atoms with Crippen molar-refractivity contribution in [2.75, 3.05) is 6.61 Å². The highest BCUT2D eigenvalue weighted by Crippen LogP contribution is 2.35. The second kappa shape index (κ2) is 5.16. The quantitative estimate of drug-likeness (QED) is 0.901. The third kappa shape index (κ3) is 2.94. The van der Waals surface area contributed by atoms with Crippen molar-refractivity contribution < 1.29 is 9.84 Å². The Morgan fingerprint density at radius 3 is 2.89 bits per heavy atom. The molecule has 3 rings (SSSR count). The summed E-state index contributed by atoms with van der Waals surface area (Å²) in [4.78, 5) is 0. The Hall–Kier alpha value is -1.02. The molecule has 0 spiro atoms. The SMILES string of the molecule is CC1CCC(O)(CCc2ccc3c(c2)CCO3)CC1. The van der Waals surface area contributed by atoms with Gasteiger partial charge < -0.3 is 9.84 Å². The lowest BCUT2D eigenvalue weighted by Crippen LogP contribution is -2.34. The maximum Gasteiger partial charge on any atom is 0.122 e. The Balaban J connectivity index is 1.60. The molecule has 2 nitrogen and oxygen atoms in total. The second-order valence-electron chi connectivity index (χ2n) is 6.45. The van der Waals surface area contributed by atoms with Gasteiger partial charge in [0.25, 0.3) is 0 Å². The van der Waals surface area contributed by atoms with Gasteiger partial charge in [0.15, 0.2) is 0 Å². The fraction of sp³-hybridized carbons (Fsp3) is 0.647. The van der Waals surface area contributed by atoms with Crippen LogP contribution in [0.2, 0.25) is 0 Å². The third-order valence-electron chi connectivity index (χ3n) is 4.84. The monoisotopic (exact) mass is 260 g/mol. The Kier molecular flexibility index (Phi) is 3.53. The van der Waals surface area contributed by atoms with Gasteiger partial charge >= 0.3 is 0 Å². The van der Waals surface area contributed by atoms with E-state index in [2.05, 4.69) is 25.1 Å². The maximum absolute atomic E-state index is 10.6. The first-order valence-corrected chi connectivity index (χ1v) is 7.62. The zero-order chi connectivity index (χ0) is 13.3. The van der Waals surface area contributed by atoms with Gasteiger partial charge in [0, 0.05) is 6.42 Å². The summed E-state index contributed by atoms with van der Waals surface area (Å²) in [5, 5.41) is 10.6. The van der Waals surface area contributed by atoms with E-state index >= 15 is 0 Å². The molecule has 0 saturated heterocycles. The molecule has 19 heavy (non-hydrogen) atoms. The normalized spacial score (nSPS) is 29.9. The smallest absolute Gasteiger partial charge is 0.122 e. The van der Waals surface area contributed by atoms with Crippen molar-refractivity contribution in [3.8, 4) is 5.75 Å². The summed E-state index contributed by atoms with van der Waals surface area (Å²) < 4.78 is 5.53. The van der Waals surface area contributed by atoms with Crippen LogP contribution in [0.25, 0.3) is 0 Å². The molecule has 1 aliphatic carbocycles. The Morgan fingerprint density at radius 1 is 1.32 bits per heavy atom. The molecule has 1 fully saturated rings. The average molecular weight is 260 g/mol. The molecule has 0 amide bonds. The van der Waals surface area contributed by atoms with Gasteiger partial charge in [-0.2, -0.15) is 0 Å². The molecule has 1 aromatic carbocycles. The van der Waals surface area contributed by atoms with Crippen molar-refractivity contribution in [2.45, 2.75) is 57.5 Å². The summed E-state index contributed by atoms with van der Waals surface area (Å²) in [6.07, 6.45) is 7.22. The van der Waals surface area contributed by atoms with Gasteiger partial charge in [-0.1, -0.05) is 19.1 Å². The number of hydrogen-bond acceptors (Lipinski definition) is 2. The summed E-state index contributed by atoms with van der Waals surface area (Å²) in [5.74, 6) is 1.84. The van der Waals surface area contributed by atoms with E-state index in [1.165, 1.54) is 24.0 Å². The van der Waals surface area contributed by atoms with Gasteiger partial charge in [0.05, 0.1) is 12.2 Å². The number of aryl methyl sites for hydroxylation is 1. The van der Waals surface area contributed by atoms with Crippen LogP contribution >= 0.6 is 0 Å². The highest BCUT2D eigenvalue weighted by molar-refractivity contribution is 5.39. The highest BCUT2D eigenvalue weighted by atomic mass is 16.5. The molecule has 0 atom stereocenters. The highest BCUT2D eigenvalue weighted by Gasteiger charge is 2.31. The number of aliphatic hydroxyl groups is 1. The molecule has 0 aromatic heterocycles. The zero-order valence-electron chi connectivity index (χ0n) is 11.8. The van der Waals surface area contributed by atoms with E-state index < -0.39 is 5.60 Å². The van der Waals surface area contributed by atoms with Crippen LogP contribution < -0.4 is 4.74 Å². The van der Waals surface area contributed by atoms with Crippen molar-refractivity contribution in [2.24, 2.45) is 5.92 Å². The van der Waals surface area contributed by atoms with E-state index in [0.717, 1.165) is 50.4 Å². The van der Waals surface area contributed by atoms with Crippen molar-refractivity contribution in [1.29, 1.82) is 0 Å². The molecule has 1 saturated carbocycles. The van der Waals surface area contributed by atoms with Crippen LogP contribution in [0.5, 0.6) is 5.75 Å². The van der Waals surface area contributed by atoms with Crippen LogP contribution in [0.15, 0.2) is 18.2 Å². The van der Waals surface area contributed by atoms with E-state index in [1.807, 2.05) is 0 Å². The van der Waals surface area contributed by atoms with Gasteiger partial charge in [-0.3, -0.25) is 0 Å². The molecule has 1 aromatic rings. The molecule has 1 N–H and O–H groups in total. The van der Waals surface area contributed by atoms with Gasteiger partial charge in [-0.25, -0.2) is 0 Å². The number of rotatable bonds is 3. The maximum atomic E-state index is 10.6. The Morgan fingerprint density at radius 2 is 2.11 bits per heavy atom. The van der Waals surface area contributed by atoms with Crippen molar-refractivity contribution in [3.05, 3.63) is 29.3 Å². The fourth-order valence-electron chi connectivity index (χ4n) is 3.32. The first kappa shape index (κ1) is 13.0. The number of fused-ring (bicyclic) bond motifs is 1. The lowest BCUT2D eigenvalue weighted by Gasteiger charge is -2.35. The first-order valence-electron chi connectivity index (χ1n) is 7.62. The molecule has 2 heteroatoms. The van der Waals surface area contributed by atoms with Crippen LogP contribution in [0.1, 0.15) is 50.2 Å². The molecule has 2 aliphatic rings. The summed E-state index contributed by atoms with van der Waals surface area (Å²) in [6, 6.07) is 6.50. The lowest BCUT2D eigenvalue weighted by molar-refractivity contribution is -0.0141. The van der Waals surface area contributed by atoms with Gasteiger partial charge in [-0.15, -0.1) is 0 Å². The number of hydrogen-bond donors (Lipinski definition) is 1. The van der Waals surface area contributed by atoms with Crippen LogP contribution in [-0.4, -0.2) is 17.3 Å². The standard InChI is InChI=1S/C17H24O2/c1-13-4-8-17(18,9-5-13)10-6-14-2-3-16-15(12-14)7-11-19-16/h2-3,12-13,18H,4-11H2,1H3. The lowest BCUT2D eigenvalue weighted by atomic mass is 9.77. The van der Waals surface area contributed by atoms with E-state index in [0.29, 0.717) is 0 Å². The van der Waals surface area contributed by atoms with Crippen LogP contribution in [0.3, 0.4) is 0 Å². The topological polar surface area (TPSA) is 29.5 Å². The summed E-state index contributed by atoms with van der Waals surface area (Å²) in [5.41, 5.74) is 2.26. The zero-order valence-corrected chi connectivity index (χ0v) is 11.8. The molecule has 104 valence electrons. The predicted octanol–water partition coefficient (Wildman–Crippen LogP) is 3.50. The van der Waals surface area contributed by atoms with E-state index in [4.69, 9.17) is 4.74 Å². The summed E-state index contributed by atoms with van der Waals surface area (Å²) >= 11 is 0. The molecular formula is C17H24O2. The minimum Gasteiger partial charge on any atom is -0.493 e. The predicted molar refractivity (Wildman–Crippen MR) is 76.5 cm³/mol. The molecule has 0 bridgehead atoms. The van der Waals surface area contributed by atoms with Crippen molar-refractivity contribution >= 4 is 0 Å². The fourth-order valence-corrected chi connectivity index (χ4v) is 3.32. The summed E-state index contributed by atoms with van der Waals surface area (Å²) in [7, 11) is 0. The molecule has 1 heterocycles. The summed E-state index contributed by atoms with van der Waals surface area (Å²) in [6.45, 7) is 3.11. The minimum absolute atomic E-state index is 0.415. The molecule has 1 aliphatic heterocycles. The number of ether oxygens (including phenoxy) is 1. The van der Waals surface area contributed by atoms with Gasteiger partial charge in [-0.05, 0) is 61.6 Å². The van der Waals surface area contributed by atoms with Crippen LogP contribution in [-0.2, 0) is 12.8 Å². The van der Waals surface area contributed by atoms with E-state index in [9.17, 15) is 5.11 Å². The number of benzene rings is 1. The van der Waals surface area contributed by atoms with E-state index in [-0.39, 0.29) is 0 Å². The Labute approximate surface area is 115 Å². The van der Waals surface area contributed by atoms with Gasteiger partial charge in [0.2, 0.25) is 0 Å². The van der Waals surface area contributed by atoms with Crippen LogP contribution in [0.4, 0.5) is 0 Å². The Bertz CT molecular complexity index is 445. The minimum atomic E-state index is -0.415. The first-order chi connectivity index (χ1) is 9.15. The van der Waals surface area contributed by atoms with Crippen molar-refractivity contribution in [1.82, 2.24) is 0 Å². The molecular weight excluding hydrogens is 236 g/mol. The average Bonchev–Trinajstić information content (AvgIpc) is 2.88. The molecule has 0 radical (unpaired) electrons. The van der Waals surface area contributed by atoms with Crippen LogP contribution in [0, 0.1) is 5.92 Å². The largest absolute Gasteiger partial charge is 0.493 e. The molecule has 0 unspecified atom stereocenters. The third-order valence-corrected chi connectivity index (χ3v) is 4.84.